The second-order valence-electron chi connectivity index (χ2n) is 6.32. The van der Waals surface area contributed by atoms with Crippen LogP contribution in [0.25, 0.3) is 0 Å². The Morgan fingerprint density at radius 2 is 2.00 bits per heavy atom. The van der Waals surface area contributed by atoms with Crippen LogP contribution in [0.5, 0.6) is 0 Å². The first-order valence-electron chi connectivity index (χ1n) is 8.48. The molecule has 3 rings (SSSR count). The first-order chi connectivity index (χ1) is 12.2. The van der Waals surface area contributed by atoms with Crippen LogP contribution >= 0.6 is 11.3 Å². The van der Waals surface area contributed by atoms with Crippen LogP contribution in [0.1, 0.15) is 39.4 Å². The van der Waals surface area contributed by atoms with Crippen LogP contribution in [0.4, 0.5) is 0 Å². The summed E-state index contributed by atoms with van der Waals surface area (Å²) in [4.78, 5) is 24.8. The number of carbonyl (C=O) groups is 2. The summed E-state index contributed by atoms with van der Waals surface area (Å²) in [6.07, 6.45) is 2.81. The van der Waals surface area contributed by atoms with E-state index in [4.69, 9.17) is 0 Å². The number of aliphatic hydroxyl groups excluding tert-OH is 1. The highest BCUT2D eigenvalue weighted by molar-refractivity contribution is 7.13. The van der Waals surface area contributed by atoms with Crippen molar-refractivity contribution in [2.75, 3.05) is 0 Å². The molecule has 1 fully saturated rings. The lowest BCUT2D eigenvalue weighted by atomic mass is 9.89. The maximum atomic E-state index is 12.2. The predicted molar refractivity (Wildman–Crippen MR) is 98.6 cm³/mol. The SMILES string of the molecule is O=Cc1ccc(CCC[C@@H]2C(=O)C[C@@H](O)[C@@H]2C#Cc2ccccc2)s1. The second kappa shape index (κ2) is 8.24. The van der Waals surface area contributed by atoms with E-state index in [1.165, 1.54) is 11.3 Å². The lowest BCUT2D eigenvalue weighted by Gasteiger charge is -2.15. The number of thiophene rings is 1. The number of ketones is 1. The van der Waals surface area contributed by atoms with E-state index in [0.29, 0.717) is 0 Å². The van der Waals surface area contributed by atoms with Crippen molar-refractivity contribution in [1.82, 2.24) is 0 Å². The van der Waals surface area contributed by atoms with Crippen molar-refractivity contribution in [3.05, 3.63) is 57.8 Å². The number of rotatable bonds is 5. The molecule has 3 nitrogen and oxygen atoms in total. The minimum Gasteiger partial charge on any atom is -0.391 e. The average Bonchev–Trinajstić information content (AvgIpc) is 3.19. The Kier molecular flexibility index (Phi) is 5.80. The maximum absolute atomic E-state index is 12.2. The number of aliphatic hydroxyl groups is 1. The molecule has 128 valence electrons. The summed E-state index contributed by atoms with van der Waals surface area (Å²) in [6.45, 7) is 0. The average molecular weight is 352 g/mol. The van der Waals surface area contributed by atoms with Gasteiger partial charge in [0.15, 0.2) is 6.29 Å². The standard InChI is InChI=1S/C21H20O3S/c22-14-17-11-10-16(25-17)7-4-8-18-19(21(24)13-20(18)23)12-9-15-5-2-1-3-6-15/h1-3,5-6,10-11,14,18-19,21,24H,4,7-8,13H2/t18-,19+,21+/m0/s1. The van der Waals surface area contributed by atoms with Gasteiger partial charge in [-0.05, 0) is 43.5 Å². The normalized spacial score (nSPS) is 22.4. The lowest BCUT2D eigenvalue weighted by Crippen LogP contribution is -2.19. The number of benzene rings is 1. The van der Waals surface area contributed by atoms with E-state index in [9.17, 15) is 14.7 Å². The van der Waals surface area contributed by atoms with E-state index >= 15 is 0 Å². The van der Waals surface area contributed by atoms with Crippen molar-refractivity contribution in [1.29, 1.82) is 0 Å². The molecule has 1 aliphatic rings. The summed E-state index contributed by atoms with van der Waals surface area (Å²) in [7, 11) is 0. The van der Waals surface area contributed by atoms with E-state index in [2.05, 4.69) is 11.8 Å². The molecular formula is C21H20O3S. The van der Waals surface area contributed by atoms with E-state index in [0.717, 1.165) is 40.9 Å². The molecule has 0 bridgehead atoms. The van der Waals surface area contributed by atoms with Gasteiger partial charge in [-0.15, -0.1) is 11.3 Å². The van der Waals surface area contributed by atoms with Gasteiger partial charge < -0.3 is 5.11 Å². The highest BCUT2D eigenvalue weighted by Gasteiger charge is 2.40. The lowest BCUT2D eigenvalue weighted by molar-refractivity contribution is -0.121. The molecule has 2 aromatic rings. The van der Waals surface area contributed by atoms with Crippen molar-refractivity contribution < 1.29 is 14.7 Å². The quantitative estimate of drug-likeness (QED) is 0.662. The van der Waals surface area contributed by atoms with Gasteiger partial charge in [0.05, 0.1) is 16.9 Å². The molecule has 1 aliphatic carbocycles. The molecule has 25 heavy (non-hydrogen) atoms. The van der Waals surface area contributed by atoms with Gasteiger partial charge in [0.1, 0.15) is 5.78 Å². The largest absolute Gasteiger partial charge is 0.391 e. The molecule has 0 amide bonds. The Balaban J connectivity index is 1.62. The number of hydrogen-bond donors (Lipinski definition) is 1. The zero-order valence-electron chi connectivity index (χ0n) is 13.9. The molecule has 0 saturated heterocycles. The van der Waals surface area contributed by atoms with Crippen LogP contribution in [0.3, 0.4) is 0 Å². The molecule has 1 saturated carbocycles. The summed E-state index contributed by atoms with van der Waals surface area (Å²) < 4.78 is 0. The Morgan fingerprint density at radius 3 is 2.72 bits per heavy atom. The van der Waals surface area contributed by atoms with Crippen LogP contribution in [0.15, 0.2) is 42.5 Å². The summed E-state index contributed by atoms with van der Waals surface area (Å²) in [6, 6.07) is 13.4. The highest BCUT2D eigenvalue weighted by atomic mass is 32.1. The van der Waals surface area contributed by atoms with Crippen LogP contribution in [-0.4, -0.2) is 23.3 Å². The van der Waals surface area contributed by atoms with Gasteiger partial charge in [-0.1, -0.05) is 30.0 Å². The van der Waals surface area contributed by atoms with E-state index in [-0.39, 0.29) is 24.0 Å². The third kappa shape index (κ3) is 4.45. The fraction of sp³-hybridized carbons (Fsp3) is 0.333. The highest BCUT2D eigenvalue weighted by Crippen LogP contribution is 2.33. The Labute approximate surface area is 151 Å². The molecule has 3 atom stereocenters. The fourth-order valence-electron chi connectivity index (χ4n) is 3.27. The smallest absolute Gasteiger partial charge is 0.160 e. The van der Waals surface area contributed by atoms with Crippen molar-refractivity contribution in [3.63, 3.8) is 0 Å². The number of carbonyl (C=O) groups excluding carboxylic acids is 2. The van der Waals surface area contributed by atoms with Gasteiger partial charge in [-0.2, -0.15) is 0 Å². The Morgan fingerprint density at radius 1 is 1.20 bits per heavy atom. The maximum Gasteiger partial charge on any atom is 0.160 e. The monoisotopic (exact) mass is 352 g/mol. The number of hydrogen-bond acceptors (Lipinski definition) is 4. The topological polar surface area (TPSA) is 54.4 Å². The van der Waals surface area contributed by atoms with E-state index in [1.54, 1.807) is 0 Å². The second-order valence-corrected chi connectivity index (χ2v) is 7.52. The van der Waals surface area contributed by atoms with E-state index < -0.39 is 6.10 Å². The molecule has 1 heterocycles. The van der Waals surface area contributed by atoms with Gasteiger partial charge in [0, 0.05) is 22.8 Å². The first kappa shape index (κ1) is 17.6. The summed E-state index contributed by atoms with van der Waals surface area (Å²) in [5.74, 6) is 5.84. The first-order valence-corrected chi connectivity index (χ1v) is 9.30. The van der Waals surface area contributed by atoms with Gasteiger partial charge in [-0.3, -0.25) is 9.59 Å². The Bertz CT molecular complexity index is 797. The van der Waals surface area contributed by atoms with Crippen molar-refractivity contribution >= 4 is 23.4 Å². The van der Waals surface area contributed by atoms with Crippen molar-refractivity contribution in [3.8, 4) is 11.8 Å². The predicted octanol–water partition coefficient (Wildman–Crippen LogP) is 3.50. The molecule has 0 radical (unpaired) electrons. The van der Waals surface area contributed by atoms with Crippen LogP contribution in [0.2, 0.25) is 0 Å². The number of aryl methyl sites for hydroxylation is 1. The van der Waals surface area contributed by atoms with Gasteiger partial charge in [0.2, 0.25) is 0 Å². The fourth-order valence-corrected chi connectivity index (χ4v) is 4.14. The zero-order chi connectivity index (χ0) is 17.6. The zero-order valence-corrected chi connectivity index (χ0v) is 14.7. The van der Waals surface area contributed by atoms with Crippen LogP contribution in [0, 0.1) is 23.7 Å². The van der Waals surface area contributed by atoms with Crippen molar-refractivity contribution in [2.45, 2.75) is 31.8 Å². The minimum absolute atomic E-state index is 0.111. The third-order valence-corrected chi connectivity index (χ3v) is 5.64. The van der Waals surface area contributed by atoms with Gasteiger partial charge in [-0.25, -0.2) is 0 Å². The molecule has 1 aromatic carbocycles. The summed E-state index contributed by atoms with van der Waals surface area (Å²) in [5, 5.41) is 10.2. The van der Waals surface area contributed by atoms with Crippen LogP contribution in [-0.2, 0) is 11.2 Å². The van der Waals surface area contributed by atoms with Crippen molar-refractivity contribution in [2.24, 2.45) is 11.8 Å². The molecule has 0 spiro atoms. The van der Waals surface area contributed by atoms with Gasteiger partial charge >= 0.3 is 0 Å². The summed E-state index contributed by atoms with van der Waals surface area (Å²) >= 11 is 1.49. The molecule has 0 aliphatic heterocycles. The molecule has 4 heteroatoms. The molecule has 1 N–H and O–H groups in total. The van der Waals surface area contributed by atoms with E-state index in [1.807, 2.05) is 42.5 Å². The third-order valence-electron chi connectivity index (χ3n) is 4.57. The Hall–Kier alpha value is -2.22. The van der Waals surface area contributed by atoms with Crippen LogP contribution < -0.4 is 0 Å². The molecule has 1 aromatic heterocycles. The molecular weight excluding hydrogens is 332 g/mol. The number of aldehydes is 1. The minimum atomic E-state index is -0.669. The number of Topliss-reactive ketones (excluding diaryl/α,β-unsaturated/α-hetero) is 1. The van der Waals surface area contributed by atoms with Gasteiger partial charge in [0.25, 0.3) is 0 Å². The molecule has 0 unspecified atom stereocenters. The summed E-state index contributed by atoms with van der Waals surface area (Å²) in [5.41, 5.74) is 0.896.